The SMILES string of the molecule is CC1NCC2C3C=CC3C12.CO. The minimum absolute atomic E-state index is 0.788. The fourth-order valence-corrected chi connectivity index (χ4v) is 3.01. The molecular formula is C10H17NO. The summed E-state index contributed by atoms with van der Waals surface area (Å²) < 4.78 is 0. The Morgan fingerprint density at radius 3 is 2.42 bits per heavy atom. The third-order valence-electron chi connectivity index (χ3n) is 3.69. The number of aliphatic hydroxyl groups excluding tert-OH is 1. The van der Waals surface area contributed by atoms with Gasteiger partial charge in [-0.1, -0.05) is 12.2 Å². The van der Waals surface area contributed by atoms with E-state index in [-0.39, 0.29) is 0 Å². The van der Waals surface area contributed by atoms with Crippen LogP contribution in [0.25, 0.3) is 0 Å². The smallest absolute Gasteiger partial charge is 0.0319 e. The molecular weight excluding hydrogens is 150 g/mol. The first kappa shape index (κ1) is 8.27. The number of aliphatic hydroxyl groups is 1. The number of hydrogen-bond donors (Lipinski definition) is 2. The fraction of sp³-hybridized carbons (Fsp3) is 0.800. The molecule has 5 atom stereocenters. The Balaban J connectivity index is 0.000000264. The van der Waals surface area contributed by atoms with Crippen LogP contribution in [-0.2, 0) is 0 Å². The van der Waals surface area contributed by atoms with Crippen LogP contribution in [0.5, 0.6) is 0 Å². The zero-order chi connectivity index (χ0) is 8.72. The van der Waals surface area contributed by atoms with E-state index in [2.05, 4.69) is 24.4 Å². The molecule has 2 N–H and O–H groups in total. The summed E-state index contributed by atoms with van der Waals surface area (Å²) in [4.78, 5) is 0. The van der Waals surface area contributed by atoms with Crippen molar-refractivity contribution in [3.8, 4) is 0 Å². The van der Waals surface area contributed by atoms with Crippen LogP contribution in [0.1, 0.15) is 6.92 Å². The molecule has 1 saturated carbocycles. The highest BCUT2D eigenvalue weighted by Crippen LogP contribution is 2.56. The molecule has 12 heavy (non-hydrogen) atoms. The van der Waals surface area contributed by atoms with E-state index in [9.17, 15) is 0 Å². The van der Waals surface area contributed by atoms with Crippen LogP contribution in [0.2, 0.25) is 0 Å². The minimum atomic E-state index is 0.788. The monoisotopic (exact) mass is 167 g/mol. The average molecular weight is 167 g/mol. The lowest BCUT2D eigenvalue weighted by atomic mass is 9.51. The first-order valence-corrected chi connectivity index (χ1v) is 4.74. The molecule has 2 nitrogen and oxygen atoms in total. The summed E-state index contributed by atoms with van der Waals surface area (Å²) in [6.45, 7) is 3.60. The summed E-state index contributed by atoms with van der Waals surface area (Å²) in [5, 5.41) is 10.5. The normalized spacial score (nSPS) is 52.4. The summed E-state index contributed by atoms with van der Waals surface area (Å²) in [7, 11) is 1.00. The van der Waals surface area contributed by atoms with Gasteiger partial charge >= 0.3 is 0 Å². The van der Waals surface area contributed by atoms with E-state index in [1.165, 1.54) is 6.54 Å². The summed E-state index contributed by atoms with van der Waals surface area (Å²) in [6.07, 6.45) is 4.79. The van der Waals surface area contributed by atoms with Gasteiger partial charge in [0, 0.05) is 13.2 Å². The first-order chi connectivity index (χ1) is 5.88. The van der Waals surface area contributed by atoms with Crippen molar-refractivity contribution < 1.29 is 5.11 Å². The van der Waals surface area contributed by atoms with Crippen molar-refractivity contribution in [1.82, 2.24) is 5.32 Å². The second-order valence-corrected chi connectivity index (χ2v) is 3.98. The molecule has 0 aromatic carbocycles. The van der Waals surface area contributed by atoms with Gasteiger partial charge in [0.1, 0.15) is 0 Å². The molecule has 1 saturated heterocycles. The number of rotatable bonds is 0. The molecule has 0 amide bonds. The van der Waals surface area contributed by atoms with Crippen molar-refractivity contribution >= 4 is 0 Å². The van der Waals surface area contributed by atoms with E-state index in [0.29, 0.717) is 0 Å². The molecule has 0 radical (unpaired) electrons. The Bertz CT molecular complexity index is 202. The summed E-state index contributed by atoms with van der Waals surface area (Å²) in [5.74, 6) is 3.94. The van der Waals surface area contributed by atoms with E-state index < -0.39 is 0 Å². The van der Waals surface area contributed by atoms with E-state index in [1.807, 2.05) is 0 Å². The molecule has 2 heteroatoms. The predicted molar refractivity (Wildman–Crippen MR) is 48.7 cm³/mol. The van der Waals surface area contributed by atoms with Crippen molar-refractivity contribution in [3.63, 3.8) is 0 Å². The molecule has 68 valence electrons. The van der Waals surface area contributed by atoms with E-state index in [1.54, 1.807) is 0 Å². The molecule has 2 aliphatic carbocycles. The summed E-state index contributed by atoms with van der Waals surface area (Å²) >= 11 is 0. The molecule has 0 bridgehead atoms. The van der Waals surface area contributed by atoms with Crippen molar-refractivity contribution in [1.29, 1.82) is 0 Å². The van der Waals surface area contributed by atoms with Crippen molar-refractivity contribution in [3.05, 3.63) is 12.2 Å². The Morgan fingerprint density at radius 1 is 1.25 bits per heavy atom. The van der Waals surface area contributed by atoms with Gasteiger partial charge in [-0.15, -0.1) is 0 Å². The highest BCUT2D eigenvalue weighted by atomic mass is 16.2. The maximum atomic E-state index is 7.00. The van der Waals surface area contributed by atoms with Crippen LogP contribution in [0, 0.1) is 23.7 Å². The van der Waals surface area contributed by atoms with Gasteiger partial charge in [0.15, 0.2) is 0 Å². The molecule has 0 aromatic heterocycles. The lowest BCUT2D eigenvalue weighted by Gasteiger charge is -2.52. The zero-order valence-electron chi connectivity index (χ0n) is 7.70. The molecule has 3 rings (SSSR count). The van der Waals surface area contributed by atoms with Crippen LogP contribution >= 0.6 is 0 Å². The van der Waals surface area contributed by atoms with Gasteiger partial charge in [0.25, 0.3) is 0 Å². The number of nitrogens with one attached hydrogen (secondary N) is 1. The lowest BCUT2D eigenvalue weighted by molar-refractivity contribution is 0.0491. The molecule has 1 heterocycles. The molecule has 3 aliphatic rings. The van der Waals surface area contributed by atoms with E-state index in [0.717, 1.165) is 36.8 Å². The second kappa shape index (κ2) is 2.86. The largest absolute Gasteiger partial charge is 0.400 e. The fourth-order valence-electron chi connectivity index (χ4n) is 3.01. The van der Waals surface area contributed by atoms with E-state index in [4.69, 9.17) is 5.11 Å². The van der Waals surface area contributed by atoms with Gasteiger partial charge in [-0.2, -0.15) is 0 Å². The molecule has 0 spiro atoms. The number of fused-ring (bicyclic) bond motifs is 4. The Morgan fingerprint density at radius 2 is 1.92 bits per heavy atom. The van der Waals surface area contributed by atoms with Crippen LogP contribution in [0.15, 0.2) is 12.2 Å². The van der Waals surface area contributed by atoms with Crippen molar-refractivity contribution in [2.45, 2.75) is 13.0 Å². The van der Waals surface area contributed by atoms with Crippen molar-refractivity contribution in [2.75, 3.05) is 13.7 Å². The van der Waals surface area contributed by atoms with Crippen LogP contribution in [0.3, 0.4) is 0 Å². The summed E-state index contributed by atoms with van der Waals surface area (Å²) in [6, 6.07) is 0.788. The molecule has 2 fully saturated rings. The van der Waals surface area contributed by atoms with Gasteiger partial charge in [-0.25, -0.2) is 0 Å². The maximum Gasteiger partial charge on any atom is 0.0319 e. The molecule has 5 unspecified atom stereocenters. The van der Waals surface area contributed by atoms with Crippen molar-refractivity contribution in [2.24, 2.45) is 23.7 Å². The van der Waals surface area contributed by atoms with Gasteiger partial charge in [-0.3, -0.25) is 0 Å². The Labute approximate surface area is 73.7 Å². The van der Waals surface area contributed by atoms with Gasteiger partial charge in [0.05, 0.1) is 0 Å². The molecule has 0 aromatic rings. The highest BCUT2D eigenvalue weighted by Gasteiger charge is 2.56. The summed E-state index contributed by atoms with van der Waals surface area (Å²) in [5.41, 5.74) is 0. The van der Waals surface area contributed by atoms with E-state index >= 15 is 0 Å². The topological polar surface area (TPSA) is 32.3 Å². The zero-order valence-corrected chi connectivity index (χ0v) is 7.70. The first-order valence-electron chi connectivity index (χ1n) is 4.74. The lowest BCUT2D eigenvalue weighted by Crippen LogP contribution is -2.50. The number of allylic oxidation sites excluding steroid dienone is 2. The quantitative estimate of drug-likeness (QED) is 0.519. The minimum Gasteiger partial charge on any atom is -0.400 e. The predicted octanol–water partition coefficient (Wildman–Crippen LogP) is 0.635. The van der Waals surface area contributed by atoms with Crippen LogP contribution in [-0.4, -0.2) is 24.8 Å². The average Bonchev–Trinajstić information content (AvgIpc) is 2.36. The Hall–Kier alpha value is -0.340. The third kappa shape index (κ3) is 0.824. The highest BCUT2D eigenvalue weighted by molar-refractivity contribution is 5.25. The van der Waals surface area contributed by atoms with Gasteiger partial charge in [0.2, 0.25) is 0 Å². The molecule has 1 aliphatic heterocycles. The third-order valence-corrected chi connectivity index (χ3v) is 3.69. The standard InChI is InChI=1S/C9H13N.CH4O/c1-5-9-7-3-2-6(7)8(9)4-10-5;1-2/h2-3,5-10H,4H2,1H3;2H,1H3. The maximum absolute atomic E-state index is 7.00. The number of hydrogen-bond acceptors (Lipinski definition) is 2. The van der Waals surface area contributed by atoms with Gasteiger partial charge < -0.3 is 10.4 Å². The van der Waals surface area contributed by atoms with Gasteiger partial charge in [-0.05, 0) is 37.1 Å². The van der Waals surface area contributed by atoms with Crippen LogP contribution in [0.4, 0.5) is 0 Å². The van der Waals surface area contributed by atoms with Crippen LogP contribution < -0.4 is 5.32 Å². The Kier molecular flexibility index (Phi) is 1.97. The second-order valence-electron chi connectivity index (χ2n) is 3.98.